The number of phosphoric acid groups is 1. The maximum atomic E-state index is 12.4. The van der Waals surface area contributed by atoms with Crippen LogP contribution in [0.25, 0.3) is 0 Å². The fraction of sp³-hybridized carbons (Fsp3) is 0.909. The van der Waals surface area contributed by atoms with Crippen LogP contribution in [0, 0.1) is 0 Å². The summed E-state index contributed by atoms with van der Waals surface area (Å²) in [6, 6.07) is -0.901. The molecule has 0 fully saturated rings. The SMILES string of the molecule is CCCCCCCCCCCCCCCCC/C=C/[C@@H](O)[C@H](COP(=O)(O)O)NC(=O)CCCCCCCCCC. The van der Waals surface area contributed by atoms with Gasteiger partial charge >= 0.3 is 7.82 Å². The first kappa shape index (κ1) is 40.3. The molecular formula is C33H66NO6P. The molecule has 244 valence electrons. The molecule has 1 amide bonds. The lowest BCUT2D eigenvalue weighted by atomic mass is 10.0. The molecule has 4 N–H and O–H groups in total. The summed E-state index contributed by atoms with van der Waals surface area (Å²) in [5, 5.41) is 13.3. The van der Waals surface area contributed by atoms with E-state index < -0.39 is 26.6 Å². The number of carbonyl (C=O) groups is 1. The van der Waals surface area contributed by atoms with Gasteiger partial charge in [0.2, 0.25) is 5.91 Å². The number of amides is 1. The van der Waals surface area contributed by atoms with Crippen molar-refractivity contribution in [2.45, 2.75) is 187 Å². The number of aliphatic hydroxyl groups excluding tert-OH is 1. The third-order valence-electron chi connectivity index (χ3n) is 7.75. The van der Waals surface area contributed by atoms with Crippen LogP contribution in [-0.4, -0.2) is 39.6 Å². The van der Waals surface area contributed by atoms with E-state index in [0.717, 1.165) is 38.5 Å². The summed E-state index contributed by atoms with van der Waals surface area (Å²) >= 11 is 0. The number of hydrogen-bond donors (Lipinski definition) is 4. The molecule has 0 aliphatic rings. The summed E-state index contributed by atoms with van der Waals surface area (Å²) in [5.74, 6) is -0.231. The van der Waals surface area contributed by atoms with E-state index in [0.29, 0.717) is 6.42 Å². The Kier molecular flexibility index (Phi) is 28.8. The van der Waals surface area contributed by atoms with Gasteiger partial charge in [0.25, 0.3) is 0 Å². The lowest BCUT2D eigenvalue weighted by molar-refractivity contribution is -0.123. The molecule has 0 aromatic carbocycles. The van der Waals surface area contributed by atoms with Gasteiger partial charge in [-0.1, -0.05) is 161 Å². The van der Waals surface area contributed by atoms with E-state index in [2.05, 4.69) is 23.7 Å². The van der Waals surface area contributed by atoms with E-state index in [1.54, 1.807) is 6.08 Å². The number of hydrogen-bond acceptors (Lipinski definition) is 4. The predicted octanol–water partition coefficient (Wildman–Crippen LogP) is 9.29. The van der Waals surface area contributed by atoms with Crippen LogP contribution < -0.4 is 5.32 Å². The van der Waals surface area contributed by atoms with Crippen LogP contribution in [-0.2, 0) is 13.9 Å². The molecule has 2 atom stereocenters. The zero-order valence-electron chi connectivity index (χ0n) is 26.7. The highest BCUT2D eigenvalue weighted by Gasteiger charge is 2.24. The van der Waals surface area contributed by atoms with E-state index in [1.807, 2.05) is 6.08 Å². The molecule has 41 heavy (non-hydrogen) atoms. The van der Waals surface area contributed by atoms with Gasteiger partial charge in [-0.05, 0) is 19.3 Å². The topological polar surface area (TPSA) is 116 Å². The van der Waals surface area contributed by atoms with Gasteiger partial charge < -0.3 is 20.2 Å². The molecule has 8 heteroatoms. The quantitative estimate of drug-likeness (QED) is 0.0356. The molecule has 0 saturated heterocycles. The number of rotatable bonds is 31. The van der Waals surface area contributed by atoms with Crippen molar-refractivity contribution in [3.05, 3.63) is 12.2 Å². The summed E-state index contributed by atoms with van der Waals surface area (Å²) < 4.78 is 15.8. The number of carbonyl (C=O) groups excluding carboxylic acids is 1. The van der Waals surface area contributed by atoms with Crippen molar-refractivity contribution in [3.63, 3.8) is 0 Å². The Labute approximate surface area is 252 Å². The Morgan fingerprint density at radius 3 is 1.49 bits per heavy atom. The van der Waals surface area contributed by atoms with Gasteiger partial charge in [-0.25, -0.2) is 4.57 Å². The molecule has 0 saturated carbocycles. The Morgan fingerprint density at radius 2 is 1.07 bits per heavy atom. The van der Waals surface area contributed by atoms with E-state index in [-0.39, 0.29) is 5.91 Å². The van der Waals surface area contributed by atoms with Gasteiger partial charge in [-0.3, -0.25) is 9.32 Å². The minimum Gasteiger partial charge on any atom is -0.387 e. The second-order valence-corrected chi connectivity index (χ2v) is 13.1. The van der Waals surface area contributed by atoms with Gasteiger partial charge in [0.15, 0.2) is 0 Å². The third-order valence-corrected chi connectivity index (χ3v) is 8.23. The Morgan fingerprint density at radius 1 is 0.683 bits per heavy atom. The normalized spacial score (nSPS) is 13.6. The number of aliphatic hydroxyl groups is 1. The Hall–Kier alpha value is -0.720. The molecule has 0 aromatic rings. The van der Waals surface area contributed by atoms with E-state index in [4.69, 9.17) is 9.79 Å². The van der Waals surface area contributed by atoms with Crippen LogP contribution >= 0.6 is 7.82 Å². The average molecular weight is 604 g/mol. The summed E-state index contributed by atoms with van der Waals surface area (Å²) in [6.45, 7) is 4.02. The van der Waals surface area contributed by atoms with Crippen molar-refractivity contribution in [2.75, 3.05) is 6.61 Å². The maximum absolute atomic E-state index is 12.4. The van der Waals surface area contributed by atoms with Crippen molar-refractivity contribution < 1.29 is 28.8 Å². The standard InChI is InChI=1S/C33H66NO6P/c1-3-5-7-9-11-13-14-15-16-17-18-19-20-21-22-24-26-28-32(35)31(30-40-41(37,38)39)34-33(36)29-27-25-23-12-10-8-6-4-2/h26,28,31-32,35H,3-25,27,29-30H2,1-2H3,(H,34,36)(H2,37,38,39)/b28-26+/t31-,32+/m0/s1. The molecule has 0 aliphatic heterocycles. The van der Waals surface area contributed by atoms with Crippen LogP contribution in [0.1, 0.15) is 174 Å². The lowest BCUT2D eigenvalue weighted by Gasteiger charge is -2.22. The molecule has 0 spiro atoms. The molecule has 0 rings (SSSR count). The van der Waals surface area contributed by atoms with E-state index >= 15 is 0 Å². The van der Waals surface area contributed by atoms with Crippen molar-refractivity contribution in [2.24, 2.45) is 0 Å². The minimum absolute atomic E-state index is 0.231. The van der Waals surface area contributed by atoms with Gasteiger partial charge in [-0.2, -0.15) is 0 Å². The molecule has 0 radical (unpaired) electrons. The monoisotopic (exact) mass is 603 g/mol. The predicted molar refractivity (Wildman–Crippen MR) is 172 cm³/mol. The van der Waals surface area contributed by atoms with Crippen LogP contribution in [0.5, 0.6) is 0 Å². The van der Waals surface area contributed by atoms with Crippen LogP contribution in [0.15, 0.2) is 12.2 Å². The van der Waals surface area contributed by atoms with E-state index in [1.165, 1.54) is 116 Å². The minimum atomic E-state index is -4.70. The average Bonchev–Trinajstić information content (AvgIpc) is 2.93. The highest BCUT2D eigenvalue weighted by atomic mass is 31.2. The van der Waals surface area contributed by atoms with Crippen molar-refractivity contribution >= 4 is 13.7 Å². The number of phosphoric ester groups is 1. The largest absolute Gasteiger partial charge is 0.469 e. The first-order valence-electron chi connectivity index (χ1n) is 17.1. The smallest absolute Gasteiger partial charge is 0.387 e. The molecule has 0 unspecified atom stereocenters. The number of unbranched alkanes of at least 4 members (excludes halogenated alkanes) is 22. The van der Waals surface area contributed by atoms with Gasteiger partial charge in [0, 0.05) is 6.42 Å². The summed E-state index contributed by atoms with van der Waals surface area (Å²) in [5.41, 5.74) is 0. The van der Waals surface area contributed by atoms with E-state index in [9.17, 15) is 14.5 Å². The molecule has 0 aromatic heterocycles. The Bertz CT molecular complexity index is 654. The van der Waals surface area contributed by atoms with Gasteiger partial charge in [-0.15, -0.1) is 0 Å². The van der Waals surface area contributed by atoms with Gasteiger partial charge in [0.1, 0.15) is 0 Å². The molecular weight excluding hydrogens is 537 g/mol. The summed E-state index contributed by atoms with van der Waals surface area (Å²) in [6.07, 6.45) is 32.4. The van der Waals surface area contributed by atoms with Crippen LogP contribution in [0.2, 0.25) is 0 Å². The second-order valence-electron chi connectivity index (χ2n) is 11.8. The van der Waals surface area contributed by atoms with Crippen LogP contribution in [0.4, 0.5) is 0 Å². The summed E-state index contributed by atoms with van der Waals surface area (Å²) in [7, 11) is -4.70. The highest BCUT2D eigenvalue weighted by molar-refractivity contribution is 7.46. The molecule has 0 bridgehead atoms. The van der Waals surface area contributed by atoms with Crippen molar-refractivity contribution in [1.82, 2.24) is 5.32 Å². The van der Waals surface area contributed by atoms with Crippen molar-refractivity contribution in [3.8, 4) is 0 Å². The summed E-state index contributed by atoms with van der Waals surface area (Å²) in [4.78, 5) is 30.5. The maximum Gasteiger partial charge on any atom is 0.469 e. The zero-order valence-corrected chi connectivity index (χ0v) is 27.6. The molecule has 7 nitrogen and oxygen atoms in total. The first-order valence-corrected chi connectivity index (χ1v) is 18.7. The fourth-order valence-corrected chi connectivity index (χ4v) is 5.46. The van der Waals surface area contributed by atoms with Crippen LogP contribution in [0.3, 0.4) is 0 Å². The van der Waals surface area contributed by atoms with Gasteiger partial charge in [0.05, 0.1) is 18.8 Å². The molecule has 0 aliphatic carbocycles. The third kappa shape index (κ3) is 30.5. The van der Waals surface area contributed by atoms with Crippen molar-refractivity contribution in [1.29, 1.82) is 0 Å². The number of nitrogens with one attached hydrogen (secondary N) is 1. The Balaban J connectivity index is 4.02. The fourth-order valence-electron chi connectivity index (χ4n) is 5.10. The zero-order chi connectivity index (χ0) is 30.4. The molecule has 0 heterocycles. The number of allylic oxidation sites excluding steroid dienone is 1. The lowest BCUT2D eigenvalue weighted by Crippen LogP contribution is -2.45. The first-order chi connectivity index (χ1) is 19.8. The highest BCUT2D eigenvalue weighted by Crippen LogP contribution is 2.35. The second kappa shape index (κ2) is 29.4.